The normalized spacial score (nSPS) is 20.6. The topological polar surface area (TPSA) is 41.0 Å². The summed E-state index contributed by atoms with van der Waals surface area (Å²) in [6, 6.07) is 0.425. The Kier molecular flexibility index (Phi) is 4.25. The fourth-order valence-corrected chi connectivity index (χ4v) is 2.24. The highest BCUT2D eigenvalue weighted by atomic mass is 19.1. The number of anilines is 1. The van der Waals surface area contributed by atoms with Crippen molar-refractivity contribution in [1.82, 2.24) is 15.3 Å². The molecule has 0 aromatic carbocycles. The van der Waals surface area contributed by atoms with Gasteiger partial charge in [0.05, 0.1) is 12.4 Å². The van der Waals surface area contributed by atoms with Crippen LogP contribution in [0.3, 0.4) is 0 Å². The van der Waals surface area contributed by atoms with E-state index in [0.29, 0.717) is 12.0 Å². The first-order chi connectivity index (χ1) is 8.31. The third-order valence-corrected chi connectivity index (χ3v) is 3.12. The molecule has 1 saturated heterocycles. The maximum absolute atomic E-state index is 12.8. The molecule has 0 saturated carbocycles. The quantitative estimate of drug-likeness (QED) is 0.864. The van der Waals surface area contributed by atoms with Crippen LogP contribution in [0.2, 0.25) is 0 Å². The van der Waals surface area contributed by atoms with Crippen molar-refractivity contribution < 1.29 is 4.39 Å². The molecule has 1 aromatic heterocycles. The van der Waals surface area contributed by atoms with E-state index in [4.69, 9.17) is 0 Å². The number of halogens is 1. The fourth-order valence-electron chi connectivity index (χ4n) is 2.24. The molecule has 94 valence electrons. The van der Waals surface area contributed by atoms with Crippen LogP contribution >= 0.6 is 0 Å². The summed E-state index contributed by atoms with van der Waals surface area (Å²) in [5, 5.41) is 3.36. The summed E-state index contributed by atoms with van der Waals surface area (Å²) >= 11 is 0. The van der Waals surface area contributed by atoms with Crippen molar-refractivity contribution in [3.05, 3.63) is 18.2 Å². The first-order valence-corrected chi connectivity index (χ1v) is 6.26. The summed E-state index contributed by atoms with van der Waals surface area (Å²) in [5.41, 5.74) is 0. The van der Waals surface area contributed by atoms with E-state index in [0.717, 1.165) is 32.5 Å². The van der Waals surface area contributed by atoms with Crippen LogP contribution in [0, 0.1) is 5.82 Å². The third kappa shape index (κ3) is 3.12. The van der Waals surface area contributed by atoms with Crippen LogP contribution in [0.25, 0.3) is 0 Å². The predicted molar refractivity (Wildman–Crippen MR) is 65.5 cm³/mol. The van der Waals surface area contributed by atoms with Gasteiger partial charge >= 0.3 is 0 Å². The molecule has 17 heavy (non-hydrogen) atoms. The summed E-state index contributed by atoms with van der Waals surface area (Å²) in [7, 11) is 0. The van der Waals surface area contributed by atoms with Gasteiger partial charge in [-0.15, -0.1) is 0 Å². The second-order valence-electron chi connectivity index (χ2n) is 4.35. The predicted octanol–water partition coefficient (Wildman–Crippen LogP) is 1.58. The molecule has 1 aliphatic heterocycles. The van der Waals surface area contributed by atoms with E-state index in [9.17, 15) is 4.39 Å². The first-order valence-electron chi connectivity index (χ1n) is 6.26. The van der Waals surface area contributed by atoms with E-state index in [1.807, 2.05) is 0 Å². The Labute approximate surface area is 101 Å². The zero-order valence-electron chi connectivity index (χ0n) is 10.2. The molecule has 0 aliphatic carbocycles. The van der Waals surface area contributed by atoms with Crippen molar-refractivity contribution >= 4 is 5.95 Å². The molecule has 1 aliphatic rings. The number of rotatable bonds is 4. The van der Waals surface area contributed by atoms with Gasteiger partial charge in [0.15, 0.2) is 5.82 Å². The Morgan fingerprint density at radius 2 is 2.18 bits per heavy atom. The Hall–Kier alpha value is -1.23. The minimum atomic E-state index is -0.381. The highest BCUT2D eigenvalue weighted by Gasteiger charge is 2.23. The molecule has 0 amide bonds. The van der Waals surface area contributed by atoms with Crippen molar-refractivity contribution in [2.45, 2.75) is 32.2 Å². The second-order valence-corrected chi connectivity index (χ2v) is 4.35. The molecule has 2 heterocycles. The Bertz CT molecular complexity index is 341. The molecule has 1 unspecified atom stereocenters. The second kappa shape index (κ2) is 5.91. The average Bonchev–Trinajstić information content (AvgIpc) is 2.38. The number of nitrogens with zero attached hydrogens (tertiary/aromatic N) is 3. The number of aromatic nitrogens is 2. The number of hydrogen-bond acceptors (Lipinski definition) is 4. The third-order valence-electron chi connectivity index (χ3n) is 3.12. The Balaban J connectivity index is 2.07. The molecule has 1 fully saturated rings. The lowest BCUT2D eigenvalue weighted by molar-refractivity contribution is 0.432. The maximum Gasteiger partial charge on any atom is 0.225 e. The molecule has 4 nitrogen and oxygen atoms in total. The van der Waals surface area contributed by atoms with Gasteiger partial charge in [0.2, 0.25) is 5.95 Å². The summed E-state index contributed by atoms with van der Waals surface area (Å²) in [4.78, 5) is 10.3. The van der Waals surface area contributed by atoms with Crippen molar-refractivity contribution in [3.63, 3.8) is 0 Å². The first kappa shape index (κ1) is 12.2. The molecular formula is C12H19FN4. The molecule has 5 heteroatoms. The van der Waals surface area contributed by atoms with Gasteiger partial charge in [-0.25, -0.2) is 14.4 Å². The van der Waals surface area contributed by atoms with Gasteiger partial charge in [-0.3, -0.25) is 0 Å². The van der Waals surface area contributed by atoms with Crippen LogP contribution < -0.4 is 10.2 Å². The van der Waals surface area contributed by atoms with Gasteiger partial charge in [-0.1, -0.05) is 6.92 Å². The molecule has 1 N–H and O–H groups in total. The molecule has 0 radical (unpaired) electrons. The van der Waals surface area contributed by atoms with Gasteiger partial charge in [-0.2, -0.15) is 0 Å². The molecule has 0 bridgehead atoms. The van der Waals surface area contributed by atoms with E-state index in [1.54, 1.807) is 0 Å². The van der Waals surface area contributed by atoms with E-state index >= 15 is 0 Å². The molecule has 1 atom stereocenters. The number of likely N-dealkylation sites (N-methyl/N-ethyl adjacent to an activating group) is 1. The number of hydrogen-bond donors (Lipinski definition) is 1. The smallest absolute Gasteiger partial charge is 0.225 e. The zero-order chi connectivity index (χ0) is 12.1. The van der Waals surface area contributed by atoms with Crippen LogP contribution in [0.5, 0.6) is 0 Å². The largest absolute Gasteiger partial charge is 0.337 e. The Morgan fingerprint density at radius 3 is 2.88 bits per heavy atom. The van der Waals surface area contributed by atoms with Gasteiger partial charge in [0.1, 0.15) is 0 Å². The van der Waals surface area contributed by atoms with Gasteiger partial charge in [-0.05, 0) is 25.8 Å². The maximum atomic E-state index is 12.8. The van der Waals surface area contributed by atoms with E-state index in [2.05, 4.69) is 27.1 Å². The lowest BCUT2D eigenvalue weighted by atomic mass is 10.0. The number of piperidine rings is 1. The highest BCUT2D eigenvalue weighted by molar-refractivity contribution is 5.31. The fraction of sp³-hybridized carbons (Fsp3) is 0.667. The van der Waals surface area contributed by atoms with E-state index in [1.165, 1.54) is 18.8 Å². The molecular weight excluding hydrogens is 219 g/mol. The van der Waals surface area contributed by atoms with Crippen molar-refractivity contribution in [3.8, 4) is 0 Å². The van der Waals surface area contributed by atoms with E-state index in [-0.39, 0.29) is 5.82 Å². The monoisotopic (exact) mass is 238 g/mol. The van der Waals surface area contributed by atoms with Crippen molar-refractivity contribution in [1.29, 1.82) is 0 Å². The summed E-state index contributed by atoms with van der Waals surface area (Å²) in [5.74, 6) is 0.267. The standard InChI is InChI=1S/C12H19FN4/c1-2-14-9-11-5-3-4-6-17(11)12-15-7-10(13)8-16-12/h7-8,11,14H,2-6,9H2,1H3. The molecule has 1 aromatic rings. The van der Waals surface area contributed by atoms with Gasteiger partial charge in [0, 0.05) is 19.1 Å². The molecule has 2 rings (SSSR count). The summed E-state index contributed by atoms with van der Waals surface area (Å²) < 4.78 is 12.8. The lowest BCUT2D eigenvalue weighted by Crippen LogP contribution is -2.46. The van der Waals surface area contributed by atoms with Crippen LogP contribution in [-0.2, 0) is 0 Å². The zero-order valence-corrected chi connectivity index (χ0v) is 10.2. The highest BCUT2D eigenvalue weighted by Crippen LogP contribution is 2.20. The van der Waals surface area contributed by atoms with Crippen LogP contribution in [0.1, 0.15) is 26.2 Å². The van der Waals surface area contributed by atoms with Gasteiger partial charge < -0.3 is 10.2 Å². The van der Waals surface area contributed by atoms with Crippen molar-refractivity contribution in [2.75, 3.05) is 24.5 Å². The van der Waals surface area contributed by atoms with Crippen LogP contribution in [0.4, 0.5) is 10.3 Å². The lowest BCUT2D eigenvalue weighted by Gasteiger charge is -2.35. The summed E-state index contributed by atoms with van der Waals surface area (Å²) in [6.45, 7) is 4.97. The van der Waals surface area contributed by atoms with Crippen LogP contribution in [0.15, 0.2) is 12.4 Å². The minimum absolute atomic E-state index is 0.381. The molecule has 0 spiro atoms. The average molecular weight is 238 g/mol. The van der Waals surface area contributed by atoms with Crippen molar-refractivity contribution in [2.24, 2.45) is 0 Å². The SMILES string of the molecule is CCNCC1CCCCN1c1ncc(F)cn1. The number of nitrogens with one attached hydrogen (secondary N) is 1. The minimum Gasteiger partial charge on any atom is -0.337 e. The van der Waals surface area contributed by atoms with Crippen LogP contribution in [-0.4, -0.2) is 35.6 Å². The summed E-state index contributed by atoms with van der Waals surface area (Å²) in [6.07, 6.45) is 6.02. The Morgan fingerprint density at radius 1 is 1.41 bits per heavy atom. The van der Waals surface area contributed by atoms with E-state index < -0.39 is 0 Å². The van der Waals surface area contributed by atoms with Gasteiger partial charge in [0.25, 0.3) is 0 Å².